The Labute approximate surface area is 218 Å². The lowest BCUT2D eigenvalue weighted by Crippen LogP contribution is -2.35. The second kappa shape index (κ2) is 10.8. The van der Waals surface area contributed by atoms with Gasteiger partial charge in [0.2, 0.25) is 0 Å². The quantitative estimate of drug-likeness (QED) is 0.368. The van der Waals surface area contributed by atoms with Gasteiger partial charge in [0.1, 0.15) is 0 Å². The van der Waals surface area contributed by atoms with Crippen LogP contribution in [-0.2, 0) is 22.1 Å². The Morgan fingerprint density at radius 1 is 0.838 bits per heavy atom. The summed E-state index contributed by atoms with van der Waals surface area (Å²) in [5.74, 6) is -0.153. The fraction of sp³-hybridized carbons (Fsp3) is 0.267. The van der Waals surface area contributed by atoms with Crippen molar-refractivity contribution in [2.75, 3.05) is 26.2 Å². The standard InChI is InChI=1S/C30H31N3O3S/c1-23-8-10-24(11-9-23)21-32-17-4-18-33(20-19-32)30(34)27-14-12-25(13-15-27)22-37(35,36)28-7-2-5-26-6-3-16-31-29(26)28/h2-3,5-16H,4,17-22H2,1H3. The van der Waals surface area contributed by atoms with Gasteiger partial charge in [0.05, 0.1) is 16.2 Å². The van der Waals surface area contributed by atoms with E-state index in [2.05, 4.69) is 41.1 Å². The van der Waals surface area contributed by atoms with Crippen LogP contribution in [0.4, 0.5) is 0 Å². The van der Waals surface area contributed by atoms with Gasteiger partial charge in [0.25, 0.3) is 5.91 Å². The number of rotatable bonds is 6. The molecular formula is C30H31N3O3S. The minimum atomic E-state index is -3.60. The van der Waals surface area contributed by atoms with Crippen molar-refractivity contribution in [2.45, 2.75) is 30.5 Å². The van der Waals surface area contributed by atoms with Crippen molar-refractivity contribution in [3.8, 4) is 0 Å². The van der Waals surface area contributed by atoms with Crippen molar-refractivity contribution in [3.05, 3.63) is 107 Å². The molecule has 4 aromatic rings. The van der Waals surface area contributed by atoms with E-state index in [-0.39, 0.29) is 16.6 Å². The fourth-order valence-electron chi connectivity index (χ4n) is 4.83. The van der Waals surface area contributed by atoms with Crippen LogP contribution in [-0.4, -0.2) is 55.3 Å². The van der Waals surface area contributed by atoms with Crippen LogP contribution >= 0.6 is 0 Å². The normalized spacial score (nSPS) is 15.0. The van der Waals surface area contributed by atoms with Gasteiger partial charge < -0.3 is 4.90 Å². The number of para-hydroxylation sites is 1. The van der Waals surface area contributed by atoms with Gasteiger partial charge in [-0.25, -0.2) is 8.42 Å². The molecule has 1 aliphatic rings. The minimum absolute atomic E-state index is 0.00940. The molecule has 0 unspecified atom stereocenters. The van der Waals surface area contributed by atoms with Crippen LogP contribution < -0.4 is 0 Å². The average molecular weight is 514 g/mol. The maximum atomic E-state index is 13.2. The number of nitrogens with zero attached hydrogens (tertiary/aromatic N) is 3. The first kappa shape index (κ1) is 25.1. The van der Waals surface area contributed by atoms with Gasteiger partial charge in [-0.3, -0.25) is 14.7 Å². The van der Waals surface area contributed by atoms with Gasteiger partial charge in [-0.2, -0.15) is 0 Å². The average Bonchev–Trinajstić information content (AvgIpc) is 3.15. The second-order valence-corrected chi connectivity index (χ2v) is 11.7. The van der Waals surface area contributed by atoms with Crippen molar-refractivity contribution < 1.29 is 13.2 Å². The van der Waals surface area contributed by atoms with E-state index in [9.17, 15) is 13.2 Å². The summed E-state index contributed by atoms with van der Waals surface area (Å²) >= 11 is 0. The molecule has 3 aromatic carbocycles. The third-order valence-electron chi connectivity index (χ3n) is 6.89. The molecule has 190 valence electrons. The van der Waals surface area contributed by atoms with Crippen LogP contribution in [0, 0.1) is 6.92 Å². The Morgan fingerprint density at radius 3 is 2.35 bits per heavy atom. The van der Waals surface area contributed by atoms with Crippen LogP contribution in [0.15, 0.2) is 90.0 Å². The lowest BCUT2D eigenvalue weighted by atomic mass is 10.1. The highest BCUT2D eigenvalue weighted by Gasteiger charge is 2.22. The summed E-state index contributed by atoms with van der Waals surface area (Å²) < 4.78 is 26.4. The van der Waals surface area contributed by atoms with E-state index in [1.807, 2.05) is 17.0 Å². The van der Waals surface area contributed by atoms with Gasteiger partial charge in [0, 0.05) is 49.9 Å². The highest BCUT2D eigenvalue weighted by molar-refractivity contribution is 7.90. The van der Waals surface area contributed by atoms with Crippen molar-refractivity contribution >= 4 is 26.6 Å². The van der Waals surface area contributed by atoms with Gasteiger partial charge in [-0.15, -0.1) is 0 Å². The molecular weight excluding hydrogens is 482 g/mol. The van der Waals surface area contributed by atoms with Crippen molar-refractivity contribution in [1.29, 1.82) is 0 Å². The predicted octanol–water partition coefficient (Wildman–Crippen LogP) is 4.87. The zero-order valence-corrected chi connectivity index (χ0v) is 21.8. The van der Waals surface area contributed by atoms with E-state index < -0.39 is 9.84 Å². The first-order valence-electron chi connectivity index (χ1n) is 12.6. The van der Waals surface area contributed by atoms with E-state index in [4.69, 9.17) is 0 Å². The van der Waals surface area contributed by atoms with Crippen LogP contribution in [0.3, 0.4) is 0 Å². The lowest BCUT2D eigenvalue weighted by Gasteiger charge is -2.22. The Kier molecular flexibility index (Phi) is 7.35. The lowest BCUT2D eigenvalue weighted by molar-refractivity contribution is 0.0761. The SMILES string of the molecule is Cc1ccc(CN2CCCN(C(=O)c3ccc(CS(=O)(=O)c4cccc5cccnc45)cc3)CC2)cc1. The number of sulfone groups is 1. The van der Waals surface area contributed by atoms with Crippen molar-refractivity contribution in [3.63, 3.8) is 0 Å². The van der Waals surface area contributed by atoms with Crippen LogP contribution in [0.25, 0.3) is 10.9 Å². The van der Waals surface area contributed by atoms with Gasteiger partial charge in [0.15, 0.2) is 9.84 Å². The first-order chi connectivity index (χ1) is 17.9. The Balaban J connectivity index is 1.23. The number of hydrogen-bond acceptors (Lipinski definition) is 5. The summed E-state index contributed by atoms with van der Waals surface area (Å²) in [5.41, 5.74) is 4.25. The summed E-state index contributed by atoms with van der Waals surface area (Å²) in [5, 5.41) is 0.791. The molecule has 6 nitrogen and oxygen atoms in total. The first-order valence-corrected chi connectivity index (χ1v) is 14.3. The molecule has 0 spiro atoms. The molecule has 1 amide bonds. The van der Waals surface area contributed by atoms with E-state index in [0.29, 0.717) is 29.7 Å². The molecule has 0 bridgehead atoms. The van der Waals surface area contributed by atoms with Gasteiger partial charge in [-0.1, -0.05) is 60.2 Å². The Bertz CT molecular complexity index is 1490. The molecule has 0 aliphatic carbocycles. The van der Waals surface area contributed by atoms with Crippen molar-refractivity contribution in [1.82, 2.24) is 14.8 Å². The number of pyridine rings is 1. The zero-order chi connectivity index (χ0) is 25.8. The predicted molar refractivity (Wildman–Crippen MR) is 146 cm³/mol. The highest BCUT2D eigenvalue weighted by Crippen LogP contribution is 2.24. The summed E-state index contributed by atoms with van der Waals surface area (Å²) in [7, 11) is -3.60. The Morgan fingerprint density at radius 2 is 1.57 bits per heavy atom. The molecule has 1 aromatic heterocycles. The molecule has 2 heterocycles. The number of aromatic nitrogens is 1. The number of amides is 1. The van der Waals surface area contributed by atoms with Gasteiger partial charge in [-0.05, 0) is 48.7 Å². The molecule has 5 rings (SSSR count). The number of carbonyl (C=O) groups excluding carboxylic acids is 1. The number of benzene rings is 3. The summed E-state index contributed by atoms with van der Waals surface area (Å²) in [6, 6.07) is 24.4. The maximum Gasteiger partial charge on any atom is 0.253 e. The number of fused-ring (bicyclic) bond motifs is 1. The molecule has 37 heavy (non-hydrogen) atoms. The summed E-state index contributed by atoms with van der Waals surface area (Å²) in [6.07, 6.45) is 2.53. The molecule has 0 N–H and O–H groups in total. The number of hydrogen-bond donors (Lipinski definition) is 0. The third-order valence-corrected chi connectivity index (χ3v) is 8.60. The zero-order valence-electron chi connectivity index (χ0n) is 21.0. The maximum absolute atomic E-state index is 13.2. The smallest absolute Gasteiger partial charge is 0.253 e. The Hall–Kier alpha value is -3.55. The second-order valence-electron chi connectivity index (χ2n) is 9.69. The molecule has 0 radical (unpaired) electrons. The molecule has 0 saturated carbocycles. The van der Waals surface area contributed by atoms with E-state index >= 15 is 0 Å². The largest absolute Gasteiger partial charge is 0.337 e. The van der Waals surface area contributed by atoms with Crippen LogP contribution in [0.1, 0.15) is 33.5 Å². The number of carbonyl (C=O) groups is 1. The third kappa shape index (κ3) is 5.89. The van der Waals surface area contributed by atoms with E-state index in [1.54, 1.807) is 48.7 Å². The van der Waals surface area contributed by atoms with E-state index in [0.717, 1.165) is 31.4 Å². The molecule has 1 saturated heterocycles. The molecule has 7 heteroatoms. The monoisotopic (exact) mass is 513 g/mol. The highest BCUT2D eigenvalue weighted by atomic mass is 32.2. The summed E-state index contributed by atoms with van der Waals surface area (Å²) in [6.45, 7) is 6.15. The summed E-state index contributed by atoms with van der Waals surface area (Å²) in [4.78, 5) is 22.0. The number of aryl methyl sites for hydroxylation is 1. The van der Waals surface area contributed by atoms with Crippen LogP contribution in [0.5, 0.6) is 0 Å². The molecule has 1 aliphatic heterocycles. The van der Waals surface area contributed by atoms with Crippen LogP contribution in [0.2, 0.25) is 0 Å². The van der Waals surface area contributed by atoms with Crippen molar-refractivity contribution in [2.24, 2.45) is 0 Å². The van der Waals surface area contributed by atoms with Gasteiger partial charge >= 0.3 is 0 Å². The molecule has 1 fully saturated rings. The van der Waals surface area contributed by atoms with E-state index in [1.165, 1.54) is 11.1 Å². The topological polar surface area (TPSA) is 70.6 Å². The minimum Gasteiger partial charge on any atom is -0.337 e. The fourth-order valence-corrected chi connectivity index (χ4v) is 6.37. The molecule has 0 atom stereocenters.